The van der Waals surface area contributed by atoms with Gasteiger partial charge in [0.05, 0.1) is 0 Å². The minimum Gasteiger partial charge on any atom is -0.0922 e. The number of alkyl halides is 1. The first-order valence-electron chi connectivity index (χ1n) is 5.14. The molecular weight excluding hydrogens is 212 g/mol. The van der Waals surface area contributed by atoms with E-state index in [9.17, 15) is 0 Å². The lowest BCUT2D eigenvalue weighted by atomic mass is 9.67. The lowest BCUT2D eigenvalue weighted by Crippen LogP contribution is -2.32. The van der Waals surface area contributed by atoms with E-state index < -0.39 is 0 Å². The van der Waals surface area contributed by atoms with Gasteiger partial charge in [-0.25, -0.2) is 0 Å². The zero-order valence-corrected chi connectivity index (χ0v) is 10.2. The largest absolute Gasteiger partial charge is 0.0922 e. The minimum atomic E-state index is 0.500. The summed E-state index contributed by atoms with van der Waals surface area (Å²) in [6.07, 6.45) is 5.79. The van der Waals surface area contributed by atoms with Crippen molar-refractivity contribution < 1.29 is 0 Å². The van der Waals surface area contributed by atoms with Gasteiger partial charge in [-0.1, -0.05) is 56.0 Å². The molecule has 0 N–H and O–H groups in total. The quantitative estimate of drug-likeness (QED) is 0.626. The maximum Gasteiger partial charge on any atom is 0.00854 e. The van der Waals surface area contributed by atoms with Crippen molar-refractivity contribution in [3.63, 3.8) is 0 Å². The second kappa shape index (κ2) is 4.13. The van der Waals surface area contributed by atoms with Crippen molar-refractivity contribution in [3.8, 4) is 0 Å². The summed E-state index contributed by atoms with van der Waals surface area (Å²) in [7, 11) is 0. The molecule has 2 unspecified atom stereocenters. The molecule has 72 valence electrons. The van der Waals surface area contributed by atoms with Gasteiger partial charge in [0.2, 0.25) is 0 Å². The lowest BCUT2D eigenvalue weighted by Gasteiger charge is -2.40. The van der Waals surface area contributed by atoms with Crippen molar-refractivity contribution in [2.45, 2.75) is 46.5 Å². The molecule has 0 saturated heterocycles. The van der Waals surface area contributed by atoms with E-state index in [4.69, 9.17) is 0 Å². The van der Waals surface area contributed by atoms with Crippen molar-refractivity contribution in [2.24, 2.45) is 17.3 Å². The molecule has 2 atom stereocenters. The molecule has 1 aliphatic rings. The highest BCUT2D eigenvalue weighted by atomic mass is 79.9. The molecule has 0 nitrogen and oxygen atoms in total. The van der Waals surface area contributed by atoms with E-state index in [-0.39, 0.29) is 0 Å². The Balaban J connectivity index is 2.58. The van der Waals surface area contributed by atoms with Gasteiger partial charge in [-0.15, -0.1) is 0 Å². The molecule has 0 amide bonds. The zero-order chi connectivity index (χ0) is 9.19. The Morgan fingerprint density at radius 2 is 1.83 bits per heavy atom. The SMILES string of the molecule is CC1CCCCC1C(C)(C)CBr. The van der Waals surface area contributed by atoms with Gasteiger partial charge < -0.3 is 0 Å². The third-order valence-electron chi connectivity index (χ3n) is 3.46. The number of hydrogen-bond acceptors (Lipinski definition) is 0. The summed E-state index contributed by atoms with van der Waals surface area (Å²) in [4.78, 5) is 0. The van der Waals surface area contributed by atoms with Crippen molar-refractivity contribution in [1.29, 1.82) is 0 Å². The molecule has 1 rings (SSSR count). The van der Waals surface area contributed by atoms with Crippen molar-refractivity contribution in [1.82, 2.24) is 0 Å². The summed E-state index contributed by atoms with van der Waals surface area (Å²) in [5.74, 6) is 1.87. The standard InChI is InChI=1S/C11H21Br/c1-9-6-4-5-7-10(9)11(2,3)8-12/h9-10H,4-8H2,1-3H3. The maximum absolute atomic E-state index is 3.63. The van der Waals surface area contributed by atoms with Gasteiger partial charge in [0.1, 0.15) is 0 Å². The molecule has 0 spiro atoms. The smallest absolute Gasteiger partial charge is 0.00854 e. The van der Waals surface area contributed by atoms with Gasteiger partial charge in [-0.05, 0) is 23.7 Å². The first-order chi connectivity index (χ1) is 5.58. The van der Waals surface area contributed by atoms with Crippen LogP contribution in [0.1, 0.15) is 46.5 Å². The Morgan fingerprint density at radius 1 is 1.25 bits per heavy atom. The zero-order valence-electron chi connectivity index (χ0n) is 8.57. The highest BCUT2D eigenvalue weighted by Crippen LogP contribution is 2.42. The molecule has 1 heteroatoms. The Labute approximate surface area is 85.3 Å². The van der Waals surface area contributed by atoms with Crippen molar-refractivity contribution in [2.75, 3.05) is 5.33 Å². The first kappa shape index (κ1) is 10.6. The van der Waals surface area contributed by atoms with E-state index in [1.807, 2.05) is 0 Å². The van der Waals surface area contributed by atoms with E-state index in [0.29, 0.717) is 5.41 Å². The third kappa shape index (κ3) is 2.25. The Bertz CT molecular complexity index is 140. The number of halogens is 1. The summed E-state index contributed by atoms with van der Waals surface area (Å²) < 4.78 is 0. The van der Waals surface area contributed by atoms with Crippen LogP contribution in [0.4, 0.5) is 0 Å². The van der Waals surface area contributed by atoms with E-state index in [1.54, 1.807) is 0 Å². The van der Waals surface area contributed by atoms with Crippen LogP contribution >= 0.6 is 15.9 Å². The Kier molecular flexibility index (Phi) is 3.63. The normalized spacial score (nSPS) is 32.0. The molecule has 0 aliphatic heterocycles. The second-order valence-electron chi connectivity index (χ2n) is 4.99. The van der Waals surface area contributed by atoms with Crippen molar-refractivity contribution in [3.05, 3.63) is 0 Å². The van der Waals surface area contributed by atoms with Gasteiger partial charge in [-0.3, -0.25) is 0 Å². The topological polar surface area (TPSA) is 0 Å². The van der Waals surface area contributed by atoms with Crippen LogP contribution in [0.5, 0.6) is 0 Å². The van der Waals surface area contributed by atoms with Crippen LogP contribution in [0.25, 0.3) is 0 Å². The average molecular weight is 233 g/mol. The lowest BCUT2D eigenvalue weighted by molar-refractivity contribution is 0.124. The van der Waals surface area contributed by atoms with Gasteiger partial charge in [0.25, 0.3) is 0 Å². The number of hydrogen-bond donors (Lipinski definition) is 0. The fourth-order valence-corrected chi connectivity index (χ4v) is 2.99. The average Bonchev–Trinajstić information content (AvgIpc) is 2.05. The predicted molar refractivity (Wildman–Crippen MR) is 58.7 cm³/mol. The molecular formula is C11H21Br. The molecule has 0 radical (unpaired) electrons. The van der Waals surface area contributed by atoms with Crippen molar-refractivity contribution >= 4 is 15.9 Å². The van der Waals surface area contributed by atoms with E-state index >= 15 is 0 Å². The summed E-state index contributed by atoms with van der Waals surface area (Å²) in [5, 5.41) is 1.15. The van der Waals surface area contributed by atoms with Gasteiger partial charge in [0, 0.05) is 5.33 Å². The summed E-state index contributed by atoms with van der Waals surface area (Å²) in [6, 6.07) is 0. The highest BCUT2D eigenvalue weighted by Gasteiger charge is 2.33. The third-order valence-corrected chi connectivity index (χ3v) is 4.90. The van der Waals surface area contributed by atoms with Gasteiger partial charge in [0.15, 0.2) is 0 Å². The molecule has 0 heterocycles. The number of rotatable bonds is 2. The fourth-order valence-electron chi connectivity index (χ4n) is 2.58. The Morgan fingerprint density at radius 3 is 2.33 bits per heavy atom. The first-order valence-corrected chi connectivity index (χ1v) is 6.26. The molecule has 0 aromatic rings. The highest BCUT2D eigenvalue weighted by molar-refractivity contribution is 9.09. The van der Waals surface area contributed by atoms with Crippen LogP contribution in [0, 0.1) is 17.3 Å². The van der Waals surface area contributed by atoms with Gasteiger partial charge in [-0.2, -0.15) is 0 Å². The van der Waals surface area contributed by atoms with Gasteiger partial charge >= 0.3 is 0 Å². The fraction of sp³-hybridized carbons (Fsp3) is 1.00. The molecule has 0 aromatic carbocycles. The molecule has 12 heavy (non-hydrogen) atoms. The Hall–Kier alpha value is 0.480. The monoisotopic (exact) mass is 232 g/mol. The predicted octanol–water partition coefficient (Wildman–Crippen LogP) is 4.23. The van der Waals surface area contributed by atoms with Crippen LogP contribution in [0.15, 0.2) is 0 Å². The minimum absolute atomic E-state index is 0.500. The van der Waals surface area contributed by atoms with Crippen LogP contribution in [0.3, 0.4) is 0 Å². The molecule has 1 aliphatic carbocycles. The summed E-state index contributed by atoms with van der Waals surface area (Å²) >= 11 is 3.63. The molecule has 1 saturated carbocycles. The van der Waals surface area contributed by atoms with Crippen LogP contribution in [-0.2, 0) is 0 Å². The van der Waals surface area contributed by atoms with E-state index in [0.717, 1.165) is 17.2 Å². The van der Waals surface area contributed by atoms with Crippen LogP contribution < -0.4 is 0 Å². The molecule has 1 fully saturated rings. The van der Waals surface area contributed by atoms with Crippen LogP contribution in [-0.4, -0.2) is 5.33 Å². The summed E-state index contributed by atoms with van der Waals surface area (Å²) in [5.41, 5.74) is 0.500. The molecule has 0 aromatic heterocycles. The van der Waals surface area contributed by atoms with E-state index in [1.165, 1.54) is 25.7 Å². The summed E-state index contributed by atoms with van der Waals surface area (Å²) in [6.45, 7) is 7.22. The van der Waals surface area contributed by atoms with Crippen LogP contribution in [0.2, 0.25) is 0 Å². The molecule has 0 bridgehead atoms. The van der Waals surface area contributed by atoms with E-state index in [2.05, 4.69) is 36.7 Å². The maximum atomic E-state index is 3.63. The second-order valence-corrected chi connectivity index (χ2v) is 5.55.